The average Bonchev–Trinajstić information content (AvgIpc) is 2.91. The molecule has 0 N–H and O–H groups in total. The summed E-state index contributed by atoms with van der Waals surface area (Å²) in [5, 5.41) is 0. The number of amides is 1. The van der Waals surface area contributed by atoms with Crippen LogP contribution < -0.4 is 0 Å². The van der Waals surface area contributed by atoms with Crippen LogP contribution in [0.2, 0.25) is 0 Å². The highest BCUT2D eigenvalue weighted by molar-refractivity contribution is 14.1. The molecule has 0 bridgehead atoms. The van der Waals surface area contributed by atoms with Gasteiger partial charge in [-0.05, 0) is 76.0 Å². The van der Waals surface area contributed by atoms with Gasteiger partial charge in [-0.15, -0.1) is 0 Å². The van der Waals surface area contributed by atoms with Crippen LogP contribution in [0.15, 0.2) is 77.8 Å². The molecule has 1 amide bonds. The molecule has 0 fully saturated rings. The summed E-state index contributed by atoms with van der Waals surface area (Å²) >= 11 is 2.22. The summed E-state index contributed by atoms with van der Waals surface area (Å²) < 4.78 is 6.91. The Morgan fingerprint density at radius 1 is 0.931 bits per heavy atom. The minimum absolute atomic E-state index is 0.296. The van der Waals surface area contributed by atoms with Crippen molar-refractivity contribution in [2.75, 3.05) is 6.61 Å². The number of ether oxygens (including phenoxy) is 1. The lowest BCUT2D eigenvalue weighted by atomic mass is 9.97. The molecular formula is C24H21IN2O2. The van der Waals surface area contributed by atoms with Crippen LogP contribution in [-0.4, -0.2) is 23.4 Å². The molecule has 3 aromatic carbocycles. The molecule has 0 radical (unpaired) electrons. The molecule has 29 heavy (non-hydrogen) atoms. The van der Waals surface area contributed by atoms with Crippen LogP contribution in [0.5, 0.6) is 0 Å². The van der Waals surface area contributed by atoms with Gasteiger partial charge in [0.15, 0.2) is 0 Å². The number of carbonyl (C=O) groups excluding carboxylic acids is 1. The molecular weight excluding hydrogens is 475 g/mol. The summed E-state index contributed by atoms with van der Waals surface area (Å²) in [6, 6.07) is 24.5. The van der Waals surface area contributed by atoms with E-state index in [-0.39, 0.29) is 5.91 Å². The fourth-order valence-corrected chi connectivity index (χ4v) is 3.87. The monoisotopic (exact) mass is 496 g/mol. The van der Waals surface area contributed by atoms with Gasteiger partial charge in [0.25, 0.3) is 11.9 Å². The van der Waals surface area contributed by atoms with Crippen LogP contribution in [0, 0.1) is 3.57 Å². The molecule has 0 atom stereocenters. The summed E-state index contributed by atoms with van der Waals surface area (Å²) in [6.07, 6.45) is 0. The maximum absolute atomic E-state index is 12.8. The second kappa shape index (κ2) is 8.78. The van der Waals surface area contributed by atoms with Crippen LogP contribution >= 0.6 is 22.6 Å². The smallest absolute Gasteiger partial charge is 0.296 e. The summed E-state index contributed by atoms with van der Waals surface area (Å²) in [5.74, 6) is -0.296. The number of rotatable bonds is 2. The minimum atomic E-state index is -0.296. The van der Waals surface area contributed by atoms with E-state index < -0.39 is 0 Å². The van der Waals surface area contributed by atoms with Gasteiger partial charge in [-0.25, -0.2) is 0 Å². The van der Waals surface area contributed by atoms with Crippen molar-refractivity contribution in [3.63, 3.8) is 0 Å². The van der Waals surface area contributed by atoms with E-state index in [1.807, 2.05) is 36.1 Å². The predicted molar refractivity (Wildman–Crippen MR) is 124 cm³/mol. The summed E-state index contributed by atoms with van der Waals surface area (Å²) in [7, 11) is 0. The first-order valence-corrected chi connectivity index (χ1v) is 10.7. The highest BCUT2D eigenvalue weighted by atomic mass is 127. The summed E-state index contributed by atoms with van der Waals surface area (Å²) in [5.41, 5.74) is 5.35. The van der Waals surface area contributed by atoms with Gasteiger partial charge in [0.05, 0.1) is 6.61 Å². The standard InChI is InChI=1S/C24H21IN2O2/c1-2-29-24(26-23(28)17-11-13-20(25)14-12-17)27-15-18-7-3-5-9-21(18)22-10-6-4-8-19(22)16-27/h3-14H,2,15-16H2,1H3. The minimum Gasteiger partial charge on any atom is -0.465 e. The van der Waals surface area contributed by atoms with E-state index in [4.69, 9.17) is 4.74 Å². The number of carbonyl (C=O) groups is 1. The molecule has 5 heteroatoms. The number of aliphatic imine (C=N–C) groups is 1. The largest absolute Gasteiger partial charge is 0.465 e. The normalized spacial score (nSPS) is 13.3. The second-order valence-corrected chi connectivity index (χ2v) is 8.06. The first-order valence-electron chi connectivity index (χ1n) is 9.58. The topological polar surface area (TPSA) is 41.9 Å². The zero-order valence-electron chi connectivity index (χ0n) is 16.1. The van der Waals surface area contributed by atoms with E-state index in [2.05, 4.69) is 64.0 Å². The van der Waals surface area contributed by atoms with Crippen LogP contribution in [0.3, 0.4) is 0 Å². The van der Waals surface area contributed by atoms with Crippen molar-refractivity contribution < 1.29 is 9.53 Å². The van der Waals surface area contributed by atoms with Gasteiger partial charge < -0.3 is 9.64 Å². The Balaban J connectivity index is 1.73. The lowest BCUT2D eigenvalue weighted by Crippen LogP contribution is -2.32. The number of benzene rings is 3. The van der Waals surface area contributed by atoms with Crippen molar-refractivity contribution in [3.8, 4) is 11.1 Å². The molecule has 0 saturated heterocycles. The highest BCUT2D eigenvalue weighted by Gasteiger charge is 2.23. The number of nitrogens with zero attached hydrogens (tertiary/aromatic N) is 2. The molecule has 0 saturated carbocycles. The highest BCUT2D eigenvalue weighted by Crippen LogP contribution is 2.32. The van der Waals surface area contributed by atoms with Crippen molar-refractivity contribution >= 4 is 34.5 Å². The Morgan fingerprint density at radius 2 is 1.48 bits per heavy atom. The molecule has 0 unspecified atom stereocenters. The maximum atomic E-state index is 12.8. The Hall–Kier alpha value is -2.67. The van der Waals surface area contributed by atoms with Gasteiger partial charge in [-0.3, -0.25) is 4.79 Å². The molecule has 0 spiro atoms. The van der Waals surface area contributed by atoms with Gasteiger partial charge >= 0.3 is 0 Å². The van der Waals surface area contributed by atoms with E-state index in [0.29, 0.717) is 31.3 Å². The average molecular weight is 496 g/mol. The maximum Gasteiger partial charge on any atom is 0.296 e. The molecule has 4 rings (SSSR count). The van der Waals surface area contributed by atoms with Crippen LogP contribution in [0.1, 0.15) is 28.4 Å². The lowest BCUT2D eigenvalue weighted by molar-refractivity contribution is 0.0993. The van der Waals surface area contributed by atoms with Crippen molar-refractivity contribution in [2.24, 2.45) is 4.99 Å². The number of hydrogen-bond acceptors (Lipinski definition) is 2. The summed E-state index contributed by atoms with van der Waals surface area (Å²) in [4.78, 5) is 19.2. The third-order valence-corrected chi connectivity index (χ3v) is 5.60. The molecule has 1 aliphatic heterocycles. The van der Waals surface area contributed by atoms with Crippen LogP contribution in [-0.2, 0) is 17.8 Å². The first-order chi connectivity index (χ1) is 14.2. The van der Waals surface area contributed by atoms with Crippen molar-refractivity contribution in [2.45, 2.75) is 20.0 Å². The Bertz CT molecular complexity index is 1010. The molecule has 3 aromatic rings. The fourth-order valence-electron chi connectivity index (χ4n) is 3.51. The molecule has 146 valence electrons. The zero-order chi connectivity index (χ0) is 20.2. The van der Waals surface area contributed by atoms with Crippen molar-refractivity contribution in [3.05, 3.63) is 93.1 Å². The van der Waals surface area contributed by atoms with E-state index in [9.17, 15) is 4.79 Å². The van der Waals surface area contributed by atoms with Gasteiger partial charge in [0.2, 0.25) is 0 Å². The molecule has 1 heterocycles. The SMILES string of the molecule is CCOC(=NC(=O)c1ccc(I)cc1)N1Cc2ccccc2-c2ccccc2C1. The van der Waals surface area contributed by atoms with E-state index in [0.717, 1.165) is 3.57 Å². The predicted octanol–water partition coefficient (Wildman–Crippen LogP) is 5.51. The molecule has 4 nitrogen and oxygen atoms in total. The number of hydrogen-bond donors (Lipinski definition) is 0. The van der Waals surface area contributed by atoms with E-state index >= 15 is 0 Å². The fraction of sp³-hybridized carbons (Fsp3) is 0.167. The Labute approximate surface area is 184 Å². The van der Waals surface area contributed by atoms with E-state index in [1.165, 1.54) is 22.3 Å². The van der Waals surface area contributed by atoms with Crippen LogP contribution in [0.4, 0.5) is 0 Å². The third kappa shape index (κ3) is 4.34. The number of halogens is 1. The quantitative estimate of drug-likeness (QED) is 0.267. The second-order valence-electron chi connectivity index (χ2n) is 6.81. The zero-order valence-corrected chi connectivity index (χ0v) is 18.3. The van der Waals surface area contributed by atoms with Gasteiger partial charge in [0.1, 0.15) is 0 Å². The Morgan fingerprint density at radius 3 is 2.03 bits per heavy atom. The van der Waals surface area contributed by atoms with Gasteiger partial charge in [0, 0.05) is 22.2 Å². The molecule has 0 aromatic heterocycles. The van der Waals surface area contributed by atoms with Crippen molar-refractivity contribution in [1.29, 1.82) is 0 Å². The third-order valence-electron chi connectivity index (χ3n) is 4.88. The van der Waals surface area contributed by atoms with Gasteiger partial charge in [-0.2, -0.15) is 4.99 Å². The van der Waals surface area contributed by atoms with Crippen LogP contribution in [0.25, 0.3) is 11.1 Å². The number of amidine groups is 1. The van der Waals surface area contributed by atoms with Gasteiger partial charge in [-0.1, -0.05) is 48.5 Å². The lowest BCUT2D eigenvalue weighted by Gasteiger charge is -2.24. The molecule has 1 aliphatic rings. The van der Waals surface area contributed by atoms with Crippen molar-refractivity contribution in [1.82, 2.24) is 4.90 Å². The number of fused-ring (bicyclic) bond motifs is 3. The summed E-state index contributed by atoms with van der Waals surface area (Å²) in [6.45, 7) is 3.61. The molecule has 0 aliphatic carbocycles. The Kier molecular flexibility index (Phi) is 5.94. The first kappa shape index (κ1) is 19.6. The van der Waals surface area contributed by atoms with E-state index in [1.54, 1.807) is 12.1 Å².